The molecule has 0 unspecified atom stereocenters. The van der Waals surface area contributed by atoms with E-state index in [1.165, 1.54) is 12.4 Å². The SMILES string of the molecule is C=CC(=O)N1CC(Nc2ncnc(N)c2-c2ccc(Oc3ccccc3)cc2)C1. The maximum Gasteiger partial charge on any atom is 0.246 e. The maximum absolute atomic E-state index is 11.6. The first-order valence-corrected chi connectivity index (χ1v) is 9.25. The molecule has 29 heavy (non-hydrogen) atoms. The van der Waals surface area contributed by atoms with Crippen molar-refractivity contribution in [1.29, 1.82) is 0 Å². The highest BCUT2D eigenvalue weighted by atomic mass is 16.5. The first-order valence-electron chi connectivity index (χ1n) is 9.25. The first-order chi connectivity index (χ1) is 14.1. The van der Waals surface area contributed by atoms with E-state index in [1.54, 1.807) is 4.90 Å². The number of benzene rings is 2. The van der Waals surface area contributed by atoms with E-state index in [1.807, 2.05) is 54.6 Å². The van der Waals surface area contributed by atoms with Gasteiger partial charge < -0.3 is 20.7 Å². The lowest BCUT2D eigenvalue weighted by atomic mass is 10.0. The first kappa shape index (κ1) is 18.5. The van der Waals surface area contributed by atoms with Gasteiger partial charge in [0, 0.05) is 13.1 Å². The van der Waals surface area contributed by atoms with Crippen molar-refractivity contribution < 1.29 is 9.53 Å². The Morgan fingerprint density at radius 1 is 1.10 bits per heavy atom. The fourth-order valence-corrected chi connectivity index (χ4v) is 3.18. The van der Waals surface area contributed by atoms with Crippen molar-refractivity contribution in [2.45, 2.75) is 6.04 Å². The smallest absolute Gasteiger partial charge is 0.246 e. The highest BCUT2D eigenvalue weighted by Gasteiger charge is 2.30. The van der Waals surface area contributed by atoms with Crippen LogP contribution in [-0.2, 0) is 4.79 Å². The fourth-order valence-electron chi connectivity index (χ4n) is 3.18. The van der Waals surface area contributed by atoms with E-state index in [0.29, 0.717) is 24.7 Å². The lowest BCUT2D eigenvalue weighted by Crippen LogP contribution is -2.56. The van der Waals surface area contributed by atoms with E-state index >= 15 is 0 Å². The second-order valence-corrected chi connectivity index (χ2v) is 6.71. The van der Waals surface area contributed by atoms with Gasteiger partial charge in [-0.05, 0) is 35.9 Å². The third-order valence-corrected chi connectivity index (χ3v) is 4.71. The lowest BCUT2D eigenvalue weighted by Gasteiger charge is -2.39. The molecule has 3 aromatic rings. The van der Waals surface area contributed by atoms with Crippen molar-refractivity contribution in [2.75, 3.05) is 24.1 Å². The minimum Gasteiger partial charge on any atom is -0.457 e. The van der Waals surface area contributed by atoms with Crippen LogP contribution in [0, 0.1) is 0 Å². The van der Waals surface area contributed by atoms with Crippen LogP contribution in [0.25, 0.3) is 11.1 Å². The Hall–Kier alpha value is -3.87. The Balaban J connectivity index is 1.51. The molecule has 2 aromatic carbocycles. The van der Waals surface area contributed by atoms with Gasteiger partial charge in [0.25, 0.3) is 0 Å². The number of anilines is 2. The molecule has 146 valence electrons. The summed E-state index contributed by atoms with van der Waals surface area (Å²) in [4.78, 5) is 21.8. The van der Waals surface area contributed by atoms with Crippen LogP contribution in [0.1, 0.15) is 0 Å². The topological polar surface area (TPSA) is 93.4 Å². The molecule has 7 heteroatoms. The molecule has 1 aliphatic heterocycles. The van der Waals surface area contributed by atoms with E-state index in [-0.39, 0.29) is 11.9 Å². The Morgan fingerprint density at radius 2 is 1.79 bits per heavy atom. The molecule has 1 aromatic heterocycles. The number of nitrogen functional groups attached to an aromatic ring is 1. The molecule has 1 fully saturated rings. The summed E-state index contributed by atoms with van der Waals surface area (Å²) in [6.45, 7) is 4.70. The summed E-state index contributed by atoms with van der Waals surface area (Å²) < 4.78 is 5.84. The molecule has 0 bridgehead atoms. The summed E-state index contributed by atoms with van der Waals surface area (Å²) in [5.74, 6) is 2.46. The standard InChI is InChI=1S/C22H21N5O2/c1-2-19(28)27-12-16(13-27)26-22-20(21(23)24-14-25-22)15-8-10-18(11-9-15)29-17-6-4-3-5-7-17/h2-11,14,16H,1,12-13H2,(H3,23,24,25,26). The van der Waals surface area contributed by atoms with Crippen molar-refractivity contribution in [1.82, 2.24) is 14.9 Å². The number of nitrogens with one attached hydrogen (secondary N) is 1. The van der Waals surface area contributed by atoms with Gasteiger partial charge in [-0.3, -0.25) is 4.79 Å². The molecule has 3 N–H and O–H groups in total. The van der Waals surface area contributed by atoms with Crippen LogP contribution in [0.15, 0.2) is 73.6 Å². The number of hydrogen-bond donors (Lipinski definition) is 2. The van der Waals surface area contributed by atoms with Gasteiger partial charge in [-0.2, -0.15) is 0 Å². The molecule has 2 heterocycles. The summed E-state index contributed by atoms with van der Waals surface area (Å²) in [5, 5.41) is 3.36. The average molecular weight is 387 g/mol. The molecule has 0 radical (unpaired) electrons. The fraction of sp³-hybridized carbons (Fsp3) is 0.136. The van der Waals surface area contributed by atoms with E-state index in [0.717, 1.165) is 22.6 Å². The molecule has 0 atom stereocenters. The molecule has 4 rings (SSSR count). The molecule has 1 saturated heterocycles. The third kappa shape index (κ3) is 4.03. The van der Waals surface area contributed by atoms with Gasteiger partial charge in [0.05, 0.1) is 11.6 Å². The highest BCUT2D eigenvalue weighted by Crippen LogP contribution is 2.33. The number of rotatable bonds is 6. The zero-order valence-electron chi connectivity index (χ0n) is 15.8. The van der Waals surface area contributed by atoms with Crippen molar-refractivity contribution in [3.63, 3.8) is 0 Å². The average Bonchev–Trinajstić information content (AvgIpc) is 2.71. The highest BCUT2D eigenvalue weighted by molar-refractivity contribution is 5.88. The summed E-state index contributed by atoms with van der Waals surface area (Å²) in [6.07, 6.45) is 2.75. The van der Waals surface area contributed by atoms with Gasteiger partial charge in [-0.25, -0.2) is 9.97 Å². The van der Waals surface area contributed by atoms with Crippen LogP contribution in [0.2, 0.25) is 0 Å². The van der Waals surface area contributed by atoms with Crippen LogP contribution < -0.4 is 15.8 Å². The predicted octanol–water partition coefficient (Wildman–Crippen LogP) is 3.33. The number of amides is 1. The Morgan fingerprint density at radius 3 is 2.48 bits per heavy atom. The zero-order valence-corrected chi connectivity index (χ0v) is 15.8. The molecule has 1 amide bonds. The van der Waals surface area contributed by atoms with Crippen LogP contribution >= 0.6 is 0 Å². The third-order valence-electron chi connectivity index (χ3n) is 4.71. The molecule has 7 nitrogen and oxygen atoms in total. The van der Waals surface area contributed by atoms with Crippen molar-refractivity contribution >= 4 is 17.5 Å². The number of ether oxygens (including phenoxy) is 1. The molecular weight excluding hydrogens is 366 g/mol. The van der Waals surface area contributed by atoms with Crippen molar-refractivity contribution in [2.24, 2.45) is 0 Å². The number of carbonyl (C=O) groups excluding carboxylic acids is 1. The molecule has 0 saturated carbocycles. The zero-order chi connectivity index (χ0) is 20.2. The summed E-state index contributed by atoms with van der Waals surface area (Å²) >= 11 is 0. The van der Waals surface area contributed by atoms with Crippen LogP contribution in [0.5, 0.6) is 11.5 Å². The number of aromatic nitrogens is 2. The summed E-state index contributed by atoms with van der Waals surface area (Å²) in [6, 6.07) is 17.3. The van der Waals surface area contributed by atoms with Crippen LogP contribution in [0.3, 0.4) is 0 Å². The minimum absolute atomic E-state index is 0.0699. The monoisotopic (exact) mass is 387 g/mol. The summed E-state index contributed by atoms with van der Waals surface area (Å²) in [5.41, 5.74) is 7.76. The van der Waals surface area contributed by atoms with Gasteiger partial charge >= 0.3 is 0 Å². The predicted molar refractivity (Wildman–Crippen MR) is 113 cm³/mol. The van der Waals surface area contributed by atoms with Crippen molar-refractivity contribution in [3.8, 4) is 22.6 Å². The Bertz CT molecular complexity index is 1020. The number of para-hydroxylation sites is 1. The number of carbonyl (C=O) groups is 1. The van der Waals surface area contributed by atoms with Gasteiger partial charge in [-0.1, -0.05) is 36.9 Å². The second-order valence-electron chi connectivity index (χ2n) is 6.71. The number of likely N-dealkylation sites (tertiary alicyclic amines) is 1. The number of hydrogen-bond acceptors (Lipinski definition) is 6. The molecule has 0 spiro atoms. The Labute approximate surface area is 168 Å². The quantitative estimate of drug-likeness (QED) is 0.630. The maximum atomic E-state index is 11.6. The van der Waals surface area contributed by atoms with Crippen molar-refractivity contribution in [3.05, 3.63) is 73.6 Å². The van der Waals surface area contributed by atoms with Crippen LogP contribution in [0.4, 0.5) is 11.6 Å². The van der Waals surface area contributed by atoms with E-state index in [4.69, 9.17) is 10.5 Å². The van der Waals surface area contributed by atoms with Gasteiger partial charge in [0.2, 0.25) is 5.91 Å². The van der Waals surface area contributed by atoms with Gasteiger partial charge in [-0.15, -0.1) is 0 Å². The normalized spacial score (nSPS) is 13.4. The molecule has 0 aliphatic carbocycles. The lowest BCUT2D eigenvalue weighted by molar-refractivity contribution is -0.129. The van der Waals surface area contributed by atoms with Crippen LogP contribution in [-0.4, -0.2) is 39.9 Å². The van der Waals surface area contributed by atoms with Gasteiger partial charge in [0.1, 0.15) is 29.5 Å². The molecule has 1 aliphatic rings. The van der Waals surface area contributed by atoms with E-state index < -0.39 is 0 Å². The Kier molecular flexibility index (Phi) is 5.11. The second kappa shape index (κ2) is 8.02. The van der Waals surface area contributed by atoms with E-state index in [9.17, 15) is 4.79 Å². The number of nitrogens with two attached hydrogens (primary N) is 1. The summed E-state index contributed by atoms with van der Waals surface area (Å²) in [7, 11) is 0. The number of nitrogens with zero attached hydrogens (tertiary/aromatic N) is 3. The van der Waals surface area contributed by atoms with E-state index in [2.05, 4.69) is 21.9 Å². The van der Waals surface area contributed by atoms with Gasteiger partial charge in [0.15, 0.2) is 0 Å². The molecular formula is C22H21N5O2. The largest absolute Gasteiger partial charge is 0.457 e. The minimum atomic E-state index is -0.0699.